The lowest BCUT2D eigenvalue weighted by Gasteiger charge is -2.28. The van der Waals surface area contributed by atoms with E-state index < -0.39 is 17.1 Å². The van der Waals surface area contributed by atoms with E-state index in [2.05, 4.69) is 0 Å². The molecule has 0 saturated carbocycles. The Morgan fingerprint density at radius 3 is 2.64 bits per heavy atom. The van der Waals surface area contributed by atoms with E-state index in [0.29, 0.717) is 17.1 Å². The van der Waals surface area contributed by atoms with Gasteiger partial charge in [0.05, 0.1) is 17.2 Å². The van der Waals surface area contributed by atoms with Crippen LogP contribution in [-0.4, -0.2) is 15.8 Å². The van der Waals surface area contributed by atoms with Crippen molar-refractivity contribution in [1.29, 1.82) is 0 Å². The fraction of sp³-hybridized carbons (Fsp3) is 0.353. The zero-order valence-corrected chi connectivity index (χ0v) is 12.9. The van der Waals surface area contributed by atoms with Crippen LogP contribution in [-0.2, 0) is 0 Å². The lowest BCUT2D eigenvalue weighted by Crippen LogP contribution is -2.27. The van der Waals surface area contributed by atoms with Gasteiger partial charge in [0.1, 0.15) is 33.8 Å². The molecule has 2 aromatic rings. The van der Waals surface area contributed by atoms with Crippen LogP contribution in [0.25, 0.3) is 17.0 Å². The van der Waals surface area contributed by atoms with Crippen LogP contribution in [0.3, 0.4) is 0 Å². The lowest BCUT2D eigenvalue weighted by atomic mass is 9.98. The van der Waals surface area contributed by atoms with Crippen molar-refractivity contribution in [3.63, 3.8) is 0 Å². The van der Waals surface area contributed by atoms with E-state index in [9.17, 15) is 15.0 Å². The maximum Gasteiger partial charge on any atom is 0.202 e. The van der Waals surface area contributed by atoms with Gasteiger partial charge in [-0.2, -0.15) is 0 Å². The molecule has 0 radical (unpaired) electrons. The summed E-state index contributed by atoms with van der Waals surface area (Å²) in [5, 5.41) is 20.3. The minimum Gasteiger partial charge on any atom is -0.506 e. The molecule has 22 heavy (non-hydrogen) atoms. The lowest BCUT2D eigenvalue weighted by molar-refractivity contribution is 0.158. The largest absolute Gasteiger partial charge is 0.506 e. The average molecular weight is 302 g/mol. The molecule has 5 heteroatoms. The molecule has 0 bridgehead atoms. The summed E-state index contributed by atoms with van der Waals surface area (Å²) < 4.78 is 11.4. The van der Waals surface area contributed by atoms with Gasteiger partial charge in [-0.3, -0.25) is 4.79 Å². The molecule has 0 saturated heterocycles. The van der Waals surface area contributed by atoms with Crippen molar-refractivity contribution in [3.8, 4) is 11.5 Å². The fourth-order valence-corrected chi connectivity index (χ4v) is 2.78. The SMILES string of the molecule is Cc1oc2cc3c(c(O)c2c(=O)c1C(C)O)C=CC(C)(C)O3. The monoisotopic (exact) mass is 302 g/mol. The Morgan fingerprint density at radius 2 is 2.00 bits per heavy atom. The number of hydrogen-bond acceptors (Lipinski definition) is 5. The number of ether oxygens (including phenoxy) is 1. The average Bonchev–Trinajstić information content (AvgIpc) is 2.35. The highest BCUT2D eigenvalue weighted by Crippen LogP contribution is 2.41. The van der Waals surface area contributed by atoms with Crippen LogP contribution >= 0.6 is 0 Å². The van der Waals surface area contributed by atoms with E-state index in [1.165, 1.54) is 6.92 Å². The molecular formula is C17H18O5. The molecule has 2 heterocycles. The normalized spacial score (nSPS) is 17.1. The highest BCUT2D eigenvalue weighted by molar-refractivity contribution is 5.91. The van der Waals surface area contributed by atoms with Crippen molar-refractivity contribution in [2.24, 2.45) is 0 Å². The van der Waals surface area contributed by atoms with Gasteiger partial charge in [0.25, 0.3) is 0 Å². The maximum absolute atomic E-state index is 12.6. The molecule has 1 aromatic heterocycles. The Bertz CT molecular complexity index is 856. The molecule has 0 fully saturated rings. The first-order valence-electron chi connectivity index (χ1n) is 7.11. The van der Waals surface area contributed by atoms with Gasteiger partial charge < -0.3 is 19.4 Å². The van der Waals surface area contributed by atoms with Crippen LogP contribution in [0.5, 0.6) is 11.5 Å². The number of aliphatic hydroxyl groups excluding tert-OH is 1. The van der Waals surface area contributed by atoms with Crippen LogP contribution in [0.15, 0.2) is 21.4 Å². The molecule has 3 rings (SSSR count). The highest BCUT2D eigenvalue weighted by atomic mass is 16.5. The Morgan fingerprint density at radius 1 is 1.32 bits per heavy atom. The molecule has 0 spiro atoms. The summed E-state index contributed by atoms with van der Waals surface area (Å²) in [6, 6.07) is 1.61. The summed E-state index contributed by atoms with van der Waals surface area (Å²) in [5.74, 6) is 0.609. The molecule has 116 valence electrons. The number of benzene rings is 1. The van der Waals surface area contributed by atoms with Gasteiger partial charge in [-0.15, -0.1) is 0 Å². The van der Waals surface area contributed by atoms with E-state index in [1.807, 2.05) is 19.9 Å². The zero-order valence-electron chi connectivity index (χ0n) is 12.9. The first-order valence-corrected chi connectivity index (χ1v) is 7.11. The van der Waals surface area contributed by atoms with Gasteiger partial charge in [-0.1, -0.05) is 0 Å². The predicted molar refractivity (Wildman–Crippen MR) is 83.3 cm³/mol. The summed E-state index contributed by atoms with van der Waals surface area (Å²) in [6.45, 7) is 6.90. The zero-order chi connectivity index (χ0) is 16.2. The van der Waals surface area contributed by atoms with Crippen LogP contribution in [0, 0.1) is 6.92 Å². The molecule has 0 aliphatic carbocycles. The standard InChI is InChI=1S/C17H18O5/c1-8(18)13-9(2)21-12-7-11-10(5-6-17(3,4)22-11)15(19)14(12)16(13)20/h5-8,18-19H,1-4H3. The molecule has 0 amide bonds. The summed E-state index contributed by atoms with van der Waals surface area (Å²) in [7, 11) is 0. The van der Waals surface area contributed by atoms with Crippen molar-refractivity contribution in [1.82, 2.24) is 0 Å². The quantitative estimate of drug-likeness (QED) is 0.846. The van der Waals surface area contributed by atoms with Gasteiger partial charge in [0.15, 0.2) is 0 Å². The molecule has 2 N–H and O–H groups in total. The smallest absolute Gasteiger partial charge is 0.202 e. The van der Waals surface area contributed by atoms with Crippen LogP contribution in [0.4, 0.5) is 0 Å². The minimum atomic E-state index is -0.971. The van der Waals surface area contributed by atoms with Crippen molar-refractivity contribution in [2.45, 2.75) is 39.4 Å². The molecule has 1 unspecified atom stereocenters. The van der Waals surface area contributed by atoms with Gasteiger partial charge in [-0.25, -0.2) is 0 Å². The Kier molecular flexibility index (Phi) is 3.07. The first-order chi connectivity index (χ1) is 10.2. The second-order valence-electron chi connectivity index (χ2n) is 6.13. The Balaban J connectivity index is 2.40. The molecule has 1 aromatic carbocycles. The third-order valence-electron chi connectivity index (χ3n) is 3.82. The molecular weight excluding hydrogens is 284 g/mol. The van der Waals surface area contributed by atoms with E-state index in [-0.39, 0.29) is 22.3 Å². The van der Waals surface area contributed by atoms with Crippen LogP contribution in [0.2, 0.25) is 0 Å². The number of aliphatic hydroxyl groups is 1. The summed E-state index contributed by atoms with van der Waals surface area (Å²) in [5.41, 5.74) is -0.0769. The topological polar surface area (TPSA) is 79.9 Å². The molecule has 1 aliphatic rings. The summed E-state index contributed by atoms with van der Waals surface area (Å²) in [4.78, 5) is 12.6. The van der Waals surface area contributed by atoms with Crippen LogP contribution < -0.4 is 10.2 Å². The number of phenolic OH excluding ortho intramolecular Hbond substituents is 1. The number of aromatic hydroxyl groups is 1. The molecule has 1 aliphatic heterocycles. The van der Waals surface area contributed by atoms with E-state index >= 15 is 0 Å². The highest BCUT2D eigenvalue weighted by Gasteiger charge is 2.27. The number of aryl methyl sites for hydroxylation is 1. The van der Waals surface area contributed by atoms with Gasteiger partial charge >= 0.3 is 0 Å². The van der Waals surface area contributed by atoms with Crippen LogP contribution in [0.1, 0.15) is 43.8 Å². The third-order valence-corrected chi connectivity index (χ3v) is 3.82. The van der Waals surface area contributed by atoms with Gasteiger partial charge in [-0.05, 0) is 39.8 Å². The van der Waals surface area contributed by atoms with Crippen molar-refractivity contribution < 1.29 is 19.4 Å². The Hall–Kier alpha value is -2.27. The number of phenols is 1. The van der Waals surface area contributed by atoms with Gasteiger partial charge in [0.2, 0.25) is 5.43 Å². The van der Waals surface area contributed by atoms with Crippen molar-refractivity contribution >= 4 is 17.0 Å². The third kappa shape index (κ3) is 2.09. The summed E-state index contributed by atoms with van der Waals surface area (Å²) >= 11 is 0. The first kappa shape index (κ1) is 14.7. The van der Waals surface area contributed by atoms with Crippen molar-refractivity contribution in [2.75, 3.05) is 0 Å². The predicted octanol–water partition coefficient (Wildman–Crippen LogP) is 3.04. The number of rotatable bonds is 1. The summed E-state index contributed by atoms with van der Waals surface area (Å²) in [6.07, 6.45) is 2.57. The van der Waals surface area contributed by atoms with E-state index in [1.54, 1.807) is 19.1 Å². The molecule has 1 atom stereocenters. The van der Waals surface area contributed by atoms with E-state index in [0.717, 1.165) is 0 Å². The van der Waals surface area contributed by atoms with E-state index in [4.69, 9.17) is 9.15 Å². The number of hydrogen-bond donors (Lipinski definition) is 2. The maximum atomic E-state index is 12.6. The minimum absolute atomic E-state index is 0.0632. The fourth-order valence-electron chi connectivity index (χ4n) is 2.78. The number of fused-ring (bicyclic) bond motifs is 2. The Labute approximate surface area is 127 Å². The van der Waals surface area contributed by atoms with Gasteiger partial charge in [0, 0.05) is 6.07 Å². The van der Waals surface area contributed by atoms with Crippen molar-refractivity contribution in [3.05, 3.63) is 39.3 Å². The second kappa shape index (κ2) is 4.61. The molecule has 5 nitrogen and oxygen atoms in total. The second-order valence-corrected chi connectivity index (χ2v) is 6.13.